The molecule has 0 aliphatic carbocycles. The second kappa shape index (κ2) is 6.81. The number of anilines is 1. The molecule has 1 aliphatic heterocycles. The van der Waals surface area contributed by atoms with Crippen molar-refractivity contribution in [3.63, 3.8) is 0 Å². The topological polar surface area (TPSA) is 92.6 Å². The highest BCUT2D eigenvalue weighted by molar-refractivity contribution is 7.13. The molecule has 0 radical (unpaired) electrons. The van der Waals surface area contributed by atoms with Crippen molar-refractivity contribution in [1.29, 1.82) is 0 Å². The molecular formula is C19H15N3O4S. The number of carboxylic acid groups (broad SMARTS) is 1. The molecule has 0 fully saturated rings. The second-order valence-electron chi connectivity index (χ2n) is 6.01. The molecule has 3 aromatic rings. The number of amides is 1. The number of ether oxygens (including phenoxy) is 1. The minimum absolute atomic E-state index is 0.380. The molecule has 8 heteroatoms. The number of rotatable bonds is 4. The summed E-state index contributed by atoms with van der Waals surface area (Å²) in [5, 5.41) is 11.8. The molecule has 1 unspecified atom stereocenters. The molecule has 0 saturated carbocycles. The number of hydrogen-bond donors (Lipinski definition) is 1. The zero-order valence-corrected chi connectivity index (χ0v) is 15.1. The van der Waals surface area contributed by atoms with Crippen molar-refractivity contribution < 1.29 is 19.4 Å². The van der Waals surface area contributed by atoms with Crippen LogP contribution in [0.25, 0.3) is 22.0 Å². The standard InChI is InChI=1S/C19H15N3O4S/c1-11-19(25)22(9-17(23)24)15-8-12(5-6-16(15)26-11)14-10-27-18(21-14)13-4-2-3-7-20-13/h2-8,10-11H,9H2,1H3,(H,23,24). The van der Waals surface area contributed by atoms with Gasteiger partial charge in [-0.25, -0.2) is 4.98 Å². The smallest absolute Gasteiger partial charge is 0.323 e. The van der Waals surface area contributed by atoms with Gasteiger partial charge in [0.25, 0.3) is 5.91 Å². The van der Waals surface area contributed by atoms with Crippen molar-refractivity contribution in [3.05, 3.63) is 48.0 Å². The minimum Gasteiger partial charge on any atom is -0.480 e. The van der Waals surface area contributed by atoms with Crippen molar-refractivity contribution in [2.24, 2.45) is 0 Å². The molecular weight excluding hydrogens is 366 g/mol. The number of thiazole rings is 1. The van der Waals surface area contributed by atoms with E-state index in [1.165, 1.54) is 16.2 Å². The van der Waals surface area contributed by atoms with E-state index in [0.717, 1.165) is 22.0 Å². The molecule has 0 saturated heterocycles. The number of carboxylic acids is 1. The largest absolute Gasteiger partial charge is 0.480 e. The first-order valence-corrected chi connectivity index (χ1v) is 9.12. The normalized spacial score (nSPS) is 16.0. The molecule has 1 aliphatic rings. The monoisotopic (exact) mass is 381 g/mol. The Balaban J connectivity index is 1.72. The fourth-order valence-electron chi connectivity index (χ4n) is 2.88. The minimum atomic E-state index is -1.08. The van der Waals surface area contributed by atoms with E-state index in [9.17, 15) is 9.59 Å². The molecule has 1 amide bonds. The van der Waals surface area contributed by atoms with Crippen LogP contribution >= 0.6 is 11.3 Å². The fraction of sp³-hybridized carbons (Fsp3) is 0.158. The number of benzene rings is 1. The summed E-state index contributed by atoms with van der Waals surface area (Å²) >= 11 is 1.47. The number of fused-ring (bicyclic) bond motifs is 1. The quantitative estimate of drug-likeness (QED) is 0.747. The van der Waals surface area contributed by atoms with E-state index in [2.05, 4.69) is 9.97 Å². The van der Waals surface area contributed by atoms with Crippen molar-refractivity contribution in [1.82, 2.24) is 9.97 Å². The summed E-state index contributed by atoms with van der Waals surface area (Å²) in [6.45, 7) is 1.19. The lowest BCUT2D eigenvalue weighted by Gasteiger charge is -2.32. The summed E-state index contributed by atoms with van der Waals surface area (Å²) in [6.07, 6.45) is 0.987. The van der Waals surface area contributed by atoms with Gasteiger partial charge in [0.15, 0.2) is 6.10 Å². The van der Waals surface area contributed by atoms with Gasteiger partial charge in [0.1, 0.15) is 17.3 Å². The highest BCUT2D eigenvalue weighted by Crippen LogP contribution is 2.38. The van der Waals surface area contributed by atoms with E-state index in [0.29, 0.717) is 11.4 Å². The Morgan fingerprint density at radius 2 is 2.15 bits per heavy atom. The predicted octanol–water partition coefficient (Wildman–Crippen LogP) is 3.07. The lowest BCUT2D eigenvalue weighted by atomic mass is 10.1. The number of carbonyl (C=O) groups excluding carboxylic acids is 1. The third-order valence-electron chi connectivity index (χ3n) is 4.14. The van der Waals surface area contributed by atoms with Crippen LogP contribution in [0.5, 0.6) is 5.75 Å². The van der Waals surface area contributed by atoms with Gasteiger partial charge in [-0.3, -0.25) is 19.5 Å². The number of aromatic nitrogens is 2. The van der Waals surface area contributed by atoms with E-state index < -0.39 is 18.6 Å². The van der Waals surface area contributed by atoms with E-state index >= 15 is 0 Å². The second-order valence-corrected chi connectivity index (χ2v) is 6.87. The van der Waals surface area contributed by atoms with Crippen LogP contribution in [0.1, 0.15) is 6.92 Å². The Kier molecular flexibility index (Phi) is 4.33. The highest BCUT2D eigenvalue weighted by Gasteiger charge is 2.33. The molecule has 3 heterocycles. The Hall–Kier alpha value is -3.26. The SMILES string of the molecule is CC1Oc2ccc(-c3csc(-c4ccccn4)n3)cc2N(CC(=O)O)C1=O. The van der Waals surface area contributed by atoms with Gasteiger partial charge < -0.3 is 9.84 Å². The highest BCUT2D eigenvalue weighted by atomic mass is 32.1. The zero-order valence-electron chi connectivity index (χ0n) is 14.3. The number of nitrogens with zero attached hydrogens (tertiary/aromatic N) is 3. The van der Waals surface area contributed by atoms with Crippen LogP contribution in [-0.2, 0) is 9.59 Å². The summed E-state index contributed by atoms with van der Waals surface area (Å²) in [5.74, 6) is -0.985. The molecule has 0 spiro atoms. The maximum atomic E-state index is 12.4. The van der Waals surface area contributed by atoms with Crippen LogP contribution in [0.4, 0.5) is 5.69 Å². The average Bonchev–Trinajstić information content (AvgIpc) is 3.16. The average molecular weight is 381 g/mol. The van der Waals surface area contributed by atoms with Gasteiger partial charge in [0.05, 0.1) is 17.1 Å². The maximum absolute atomic E-state index is 12.4. The summed E-state index contributed by atoms with van der Waals surface area (Å²) in [5.41, 5.74) is 2.72. The van der Waals surface area contributed by atoms with Crippen LogP contribution < -0.4 is 9.64 Å². The van der Waals surface area contributed by atoms with Gasteiger partial charge in [0.2, 0.25) is 0 Å². The van der Waals surface area contributed by atoms with E-state index in [1.807, 2.05) is 29.6 Å². The number of carbonyl (C=O) groups is 2. The zero-order chi connectivity index (χ0) is 19.0. The summed E-state index contributed by atoms with van der Waals surface area (Å²) in [4.78, 5) is 33.7. The Bertz CT molecular complexity index is 1020. The summed E-state index contributed by atoms with van der Waals surface area (Å²) in [6, 6.07) is 10.9. The van der Waals surface area contributed by atoms with Gasteiger partial charge in [-0.1, -0.05) is 6.07 Å². The Morgan fingerprint density at radius 1 is 1.30 bits per heavy atom. The molecule has 7 nitrogen and oxygen atoms in total. The van der Waals surface area contributed by atoms with Crippen LogP contribution in [0.2, 0.25) is 0 Å². The first-order chi connectivity index (χ1) is 13.0. The molecule has 0 bridgehead atoms. The van der Waals surface area contributed by atoms with Crippen molar-refractivity contribution in [2.45, 2.75) is 13.0 Å². The maximum Gasteiger partial charge on any atom is 0.323 e. The predicted molar refractivity (Wildman–Crippen MR) is 101 cm³/mol. The van der Waals surface area contributed by atoms with E-state index in [-0.39, 0.29) is 5.91 Å². The molecule has 4 rings (SSSR count). The fourth-order valence-corrected chi connectivity index (χ4v) is 3.68. The van der Waals surface area contributed by atoms with E-state index in [4.69, 9.17) is 9.84 Å². The Labute approximate surface area is 158 Å². The van der Waals surface area contributed by atoms with Crippen LogP contribution in [0.15, 0.2) is 48.0 Å². The van der Waals surface area contributed by atoms with Crippen LogP contribution in [-0.4, -0.2) is 39.6 Å². The van der Waals surface area contributed by atoms with Gasteiger partial charge in [-0.05, 0) is 37.3 Å². The Morgan fingerprint density at radius 3 is 2.89 bits per heavy atom. The van der Waals surface area contributed by atoms with Crippen LogP contribution in [0, 0.1) is 0 Å². The molecule has 136 valence electrons. The molecule has 1 aromatic carbocycles. The third-order valence-corrected chi connectivity index (χ3v) is 5.01. The van der Waals surface area contributed by atoms with Gasteiger partial charge in [-0.2, -0.15) is 0 Å². The van der Waals surface area contributed by atoms with Crippen molar-refractivity contribution >= 4 is 28.9 Å². The lowest BCUT2D eigenvalue weighted by Crippen LogP contribution is -2.46. The number of hydrogen-bond acceptors (Lipinski definition) is 6. The van der Waals surface area contributed by atoms with Crippen molar-refractivity contribution in [2.75, 3.05) is 11.4 Å². The number of pyridine rings is 1. The van der Waals surface area contributed by atoms with Gasteiger partial charge >= 0.3 is 5.97 Å². The van der Waals surface area contributed by atoms with Gasteiger partial charge in [0, 0.05) is 17.1 Å². The summed E-state index contributed by atoms with van der Waals surface area (Å²) in [7, 11) is 0. The molecule has 27 heavy (non-hydrogen) atoms. The number of aliphatic carboxylic acids is 1. The first-order valence-electron chi connectivity index (χ1n) is 8.24. The van der Waals surface area contributed by atoms with Gasteiger partial charge in [-0.15, -0.1) is 11.3 Å². The van der Waals surface area contributed by atoms with Crippen molar-refractivity contribution in [3.8, 4) is 27.7 Å². The van der Waals surface area contributed by atoms with E-state index in [1.54, 1.807) is 25.3 Å². The van der Waals surface area contributed by atoms with Crippen LogP contribution in [0.3, 0.4) is 0 Å². The lowest BCUT2D eigenvalue weighted by molar-refractivity contribution is -0.137. The molecule has 2 aromatic heterocycles. The molecule has 1 atom stereocenters. The molecule has 1 N–H and O–H groups in total. The first kappa shape index (κ1) is 17.2. The summed E-state index contributed by atoms with van der Waals surface area (Å²) < 4.78 is 5.61. The third kappa shape index (κ3) is 3.26.